The predicted octanol–water partition coefficient (Wildman–Crippen LogP) is 2.85. The molecular weight excluding hydrogens is 438 g/mol. The van der Waals surface area contributed by atoms with E-state index in [1.165, 1.54) is 5.56 Å². The van der Waals surface area contributed by atoms with E-state index in [0.29, 0.717) is 30.9 Å². The Morgan fingerprint density at radius 1 is 1.03 bits per heavy atom. The number of carbonyl (C=O) groups excluding carboxylic acids is 1. The number of nitrogens with one attached hydrogen (secondary N) is 2. The lowest BCUT2D eigenvalue weighted by Crippen LogP contribution is -2.22. The molecule has 9 heteroatoms. The van der Waals surface area contributed by atoms with Gasteiger partial charge < -0.3 is 9.88 Å². The summed E-state index contributed by atoms with van der Waals surface area (Å²) >= 11 is 0. The fourth-order valence-electron chi connectivity index (χ4n) is 3.66. The Kier molecular flexibility index (Phi) is 7.19. The van der Waals surface area contributed by atoms with Gasteiger partial charge in [-0.1, -0.05) is 42.8 Å². The number of aromatic nitrogens is 2. The van der Waals surface area contributed by atoms with Gasteiger partial charge in [-0.05, 0) is 36.1 Å². The molecule has 33 heavy (non-hydrogen) atoms. The van der Waals surface area contributed by atoms with Crippen LogP contribution in [0.1, 0.15) is 42.4 Å². The monoisotopic (exact) mass is 465 g/mol. The number of imidazole rings is 1. The van der Waals surface area contributed by atoms with Crippen molar-refractivity contribution in [2.75, 3.05) is 6.54 Å². The van der Waals surface area contributed by atoms with E-state index < -0.39 is 10.0 Å². The number of amides is 1. The van der Waals surface area contributed by atoms with E-state index in [2.05, 4.69) is 32.1 Å². The molecule has 1 amide bonds. The van der Waals surface area contributed by atoms with Gasteiger partial charge in [-0.2, -0.15) is 0 Å². The molecule has 1 aromatic heterocycles. The largest absolute Gasteiger partial charge is 0.352 e. The third kappa shape index (κ3) is 6.07. The van der Waals surface area contributed by atoms with Gasteiger partial charge >= 0.3 is 0 Å². The smallest absolute Gasteiger partial charge is 0.263 e. The van der Waals surface area contributed by atoms with Crippen molar-refractivity contribution in [2.24, 2.45) is 4.99 Å². The minimum atomic E-state index is -3.49. The molecular formula is C24H27N5O3S. The number of unbranched alkanes of at least 4 members (excludes halogenated alkanes) is 2. The van der Waals surface area contributed by atoms with Crippen LogP contribution in [0.25, 0.3) is 0 Å². The predicted molar refractivity (Wildman–Crippen MR) is 126 cm³/mol. The van der Waals surface area contributed by atoms with Crippen LogP contribution in [-0.2, 0) is 27.9 Å². The Bertz CT molecular complexity index is 1220. The SMILES string of the molecule is O=C(CCCCCN=C1NS(=O)(=O)c2ccccc21)NCc1ccc(Cn2ccnc2)cc1. The Morgan fingerprint density at radius 2 is 1.82 bits per heavy atom. The van der Waals surface area contributed by atoms with Crippen molar-refractivity contribution in [3.05, 3.63) is 83.9 Å². The normalized spacial score (nSPS) is 15.2. The first-order valence-corrected chi connectivity index (χ1v) is 12.5. The molecule has 172 valence electrons. The first-order chi connectivity index (χ1) is 16.0. The average molecular weight is 466 g/mol. The van der Waals surface area contributed by atoms with Crippen LogP contribution in [0.4, 0.5) is 0 Å². The van der Waals surface area contributed by atoms with E-state index in [1.54, 1.807) is 36.8 Å². The minimum absolute atomic E-state index is 0.0290. The second-order valence-electron chi connectivity index (χ2n) is 7.97. The summed E-state index contributed by atoms with van der Waals surface area (Å²) in [5.41, 5.74) is 2.86. The van der Waals surface area contributed by atoms with Crippen LogP contribution in [0.15, 0.2) is 77.1 Å². The summed E-state index contributed by atoms with van der Waals surface area (Å²) in [7, 11) is -3.49. The van der Waals surface area contributed by atoms with Gasteiger partial charge in [-0.25, -0.2) is 13.4 Å². The Morgan fingerprint density at radius 3 is 2.61 bits per heavy atom. The Labute approximate surface area is 193 Å². The van der Waals surface area contributed by atoms with Crippen molar-refractivity contribution in [1.82, 2.24) is 19.6 Å². The molecule has 0 saturated carbocycles. The molecule has 3 aromatic rings. The topological polar surface area (TPSA) is 105 Å². The summed E-state index contributed by atoms with van der Waals surface area (Å²) in [6, 6.07) is 15.0. The van der Waals surface area contributed by atoms with Gasteiger partial charge in [0.1, 0.15) is 5.84 Å². The van der Waals surface area contributed by atoms with Crippen LogP contribution in [-0.4, -0.2) is 36.3 Å². The number of carbonyl (C=O) groups is 1. The van der Waals surface area contributed by atoms with Gasteiger partial charge in [0.2, 0.25) is 5.91 Å². The van der Waals surface area contributed by atoms with Crippen LogP contribution >= 0.6 is 0 Å². The van der Waals surface area contributed by atoms with Crippen LogP contribution < -0.4 is 10.0 Å². The number of nitrogens with zero attached hydrogens (tertiary/aromatic N) is 3. The van der Waals surface area contributed by atoms with Gasteiger partial charge in [-0.3, -0.25) is 14.5 Å². The van der Waals surface area contributed by atoms with Crippen molar-refractivity contribution < 1.29 is 13.2 Å². The number of benzene rings is 2. The quantitative estimate of drug-likeness (QED) is 0.449. The van der Waals surface area contributed by atoms with Crippen molar-refractivity contribution in [2.45, 2.75) is 43.7 Å². The average Bonchev–Trinajstić information content (AvgIpc) is 3.41. The van der Waals surface area contributed by atoms with Crippen molar-refractivity contribution in [1.29, 1.82) is 0 Å². The Balaban J connectivity index is 1.13. The number of amidine groups is 1. The highest BCUT2D eigenvalue weighted by atomic mass is 32.2. The molecule has 0 spiro atoms. The highest BCUT2D eigenvalue weighted by Gasteiger charge is 2.29. The van der Waals surface area contributed by atoms with Crippen LogP contribution in [0.5, 0.6) is 0 Å². The third-order valence-electron chi connectivity index (χ3n) is 5.43. The second-order valence-corrected chi connectivity index (χ2v) is 9.62. The second kappa shape index (κ2) is 10.4. The van der Waals surface area contributed by atoms with Crippen LogP contribution in [0.2, 0.25) is 0 Å². The number of aliphatic imine (C=N–C) groups is 1. The summed E-state index contributed by atoms with van der Waals surface area (Å²) in [5, 5.41) is 2.96. The summed E-state index contributed by atoms with van der Waals surface area (Å²) in [6.07, 6.45) is 8.34. The number of hydrogen-bond acceptors (Lipinski definition) is 5. The molecule has 0 saturated heterocycles. The standard InChI is InChI=1S/C24H27N5O3S/c30-23(27-16-19-9-11-20(12-10-19)17-29-15-14-25-18-29)8-2-1-5-13-26-24-21-6-3-4-7-22(21)33(31,32)28-24/h3-4,6-7,9-12,14-15,18H,1-2,5,8,13,16-17H2,(H,26,28)(H,27,30). The zero-order valence-corrected chi connectivity index (χ0v) is 19.1. The van der Waals surface area contributed by atoms with E-state index in [9.17, 15) is 13.2 Å². The summed E-state index contributed by atoms with van der Waals surface area (Å²) < 4.78 is 28.7. The summed E-state index contributed by atoms with van der Waals surface area (Å²) in [6.45, 7) is 1.80. The zero-order chi connectivity index (χ0) is 23.1. The fourth-order valence-corrected chi connectivity index (χ4v) is 4.91. The number of sulfonamides is 1. The molecule has 1 aliphatic rings. The van der Waals surface area contributed by atoms with Gasteiger partial charge in [-0.15, -0.1) is 0 Å². The van der Waals surface area contributed by atoms with Gasteiger partial charge in [0.15, 0.2) is 0 Å². The maximum Gasteiger partial charge on any atom is 0.263 e. The van der Waals surface area contributed by atoms with E-state index in [-0.39, 0.29) is 10.8 Å². The summed E-state index contributed by atoms with van der Waals surface area (Å²) in [5.74, 6) is 0.431. The van der Waals surface area contributed by atoms with E-state index in [4.69, 9.17) is 0 Å². The molecule has 4 rings (SSSR count). The lowest BCUT2D eigenvalue weighted by Gasteiger charge is -2.07. The Hall–Kier alpha value is -3.46. The van der Waals surface area contributed by atoms with Gasteiger partial charge in [0, 0.05) is 44.0 Å². The van der Waals surface area contributed by atoms with Gasteiger partial charge in [0.05, 0.1) is 11.2 Å². The van der Waals surface area contributed by atoms with Gasteiger partial charge in [0.25, 0.3) is 10.0 Å². The highest BCUT2D eigenvalue weighted by Crippen LogP contribution is 2.22. The molecule has 2 heterocycles. The molecule has 0 unspecified atom stereocenters. The highest BCUT2D eigenvalue weighted by molar-refractivity contribution is 7.90. The molecule has 2 aromatic carbocycles. The third-order valence-corrected chi connectivity index (χ3v) is 6.83. The molecule has 2 N–H and O–H groups in total. The molecule has 0 atom stereocenters. The summed E-state index contributed by atoms with van der Waals surface area (Å²) in [4.78, 5) is 20.8. The molecule has 0 aliphatic carbocycles. The first kappa shape index (κ1) is 22.7. The minimum Gasteiger partial charge on any atom is -0.352 e. The maximum absolute atomic E-state index is 12.1. The van der Waals surface area contributed by atoms with Crippen LogP contribution in [0, 0.1) is 0 Å². The fraction of sp³-hybridized carbons (Fsp3) is 0.292. The molecule has 0 radical (unpaired) electrons. The number of rotatable bonds is 10. The van der Waals surface area contributed by atoms with E-state index >= 15 is 0 Å². The maximum atomic E-state index is 12.1. The first-order valence-electron chi connectivity index (χ1n) is 11.0. The molecule has 1 aliphatic heterocycles. The van der Waals surface area contributed by atoms with E-state index in [0.717, 1.165) is 31.4 Å². The van der Waals surface area contributed by atoms with Crippen molar-refractivity contribution >= 4 is 21.8 Å². The van der Waals surface area contributed by atoms with Crippen molar-refractivity contribution in [3.63, 3.8) is 0 Å². The number of hydrogen-bond donors (Lipinski definition) is 2. The lowest BCUT2D eigenvalue weighted by atomic mass is 10.1. The number of fused-ring (bicyclic) bond motifs is 1. The van der Waals surface area contributed by atoms with Crippen LogP contribution in [0.3, 0.4) is 0 Å². The zero-order valence-electron chi connectivity index (χ0n) is 18.3. The lowest BCUT2D eigenvalue weighted by molar-refractivity contribution is -0.121. The van der Waals surface area contributed by atoms with Crippen molar-refractivity contribution in [3.8, 4) is 0 Å². The molecule has 8 nitrogen and oxygen atoms in total. The molecule has 0 fully saturated rings. The molecule has 0 bridgehead atoms. The van der Waals surface area contributed by atoms with E-state index in [1.807, 2.05) is 22.9 Å².